The summed E-state index contributed by atoms with van der Waals surface area (Å²) in [6, 6.07) is 0.520. The first-order valence-corrected chi connectivity index (χ1v) is 4.37. The molecular formula is C8H3BrF6. The molecule has 84 valence electrons. The molecule has 0 saturated carbocycles. The molecule has 0 aromatic heterocycles. The van der Waals surface area contributed by atoms with E-state index in [1.54, 1.807) is 0 Å². The minimum Gasteiger partial charge on any atom is -0.205 e. The Morgan fingerprint density at radius 3 is 2.07 bits per heavy atom. The summed E-state index contributed by atoms with van der Waals surface area (Å²) in [5.74, 6) is -1.38. The van der Waals surface area contributed by atoms with Gasteiger partial charge in [-0.05, 0) is 28.1 Å². The molecule has 1 aromatic rings. The van der Waals surface area contributed by atoms with Gasteiger partial charge < -0.3 is 0 Å². The molecule has 0 bridgehead atoms. The number of rotatable bonds is 1. The van der Waals surface area contributed by atoms with Crippen molar-refractivity contribution in [2.75, 3.05) is 0 Å². The summed E-state index contributed by atoms with van der Waals surface area (Å²) >= 11 is 2.45. The Balaban J connectivity index is 3.36. The van der Waals surface area contributed by atoms with Crippen molar-refractivity contribution < 1.29 is 26.3 Å². The van der Waals surface area contributed by atoms with E-state index in [0.29, 0.717) is 6.07 Å². The SMILES string of the molecule is Fc1c(Br)cc(C(F)(F)F)cc1C(F)F. The highest BCUT2D eigenvalue weighted by atomic mass is 79.9. The largest absolute Gasteiger partial charge is 0.416 e. The fourth-order valence-electron chi connectivity index (χ4n) is 0.933. The topological polar surface area (TPSA) is 0 Å². The van der Waals surface area contributed by atoms with Crippen molar-refractivity contribution in [2.45, 2.75) is 12.6 Å². The maximum atomic E-state index is 12.9. The van der Waals surface area contributed by atoms with Gasteiger partial charge in [-0.2, -0.15) is 13.2 Å². The second-order valence-electron chi connectivity index (χ2n) is 2.66. The normalized spacial score (nSPS) is 12.3. The molecule has 0 N–H and O–H groups in total. The molecule has 1 rings (SSSR count). The van der Waals surface area contributed by atoms with E-state index in [9.17, 15) is 26.3 Å². The number of hydrogen-bond acceptors (Lipinski definition) is 0. The predicted molar refractivity (Wildman–Crippen MR) is 44.1 cm³/mol. The van der Waals surface area contributed by atoms with Crippen LogP contribution in [0.3, 0.4) is 0 Å². The molecule has 0 spiro atoms. The molecule has 0 heterocycles. The Bertz CT molecular complexity index is 370. The number of hydrogen-bond donors (Lipinski definition) is 0. The Labute approximate surface area is 89.0 Å². The van der Waals surface area contributed by atoms with Gasteiger partial charge in [0, 0.05) is 0 Å². The van der Waals surface area contributed by atoms with E-state index in [-0.39, 0.29) is 6.07 Å². The molecule has 0 unspecified atom stereocenters. The van der Waals surface area contributed by atoms with E-state index < -0.39 is 34.0 Å². The third kappa shape index (κ3) is 2.64. The average molecular weight is 293 g/mol. The maximum absolute atomic E-state index is 12.9. The molecular weight excluding hydrogens is 290 g/mol. The number of benzene rings is 1. The van der Waals surface area contributed by atoms with E-state index in [1.807, 2.05) is 0 Å². The first-order chi connectivity index (χ1) is 6.73. The first kappa shape index (κ1) is 12.4. The van der Waals surface area contributed by atoms with E-state index in [2.05, 4.69) is 15.9 Å². The zero-order valence-corrected chi connectivity index (χ0v) is 8.46. The van der Waals surface area contributed by atoms with Crippen molar-refractivity contribution in [3.8, 4) is 0 Å². The maximum Gasteiger partial charge on any atom is 0.416 e. The summed E-state index contributed by atoms with van der Waals surface area (Å²) < 4.78 is 73.1. The van der Waals surface area contributed by atoms with Gasteiger partial charge in [-0.1, -0.05) is 0 Å². The predicted octanol–water partition coefficient (Wildman–Crippen LogP) is 4.54. The lowest BCUT2D eigenvalue weighted by Crippen LogP contribution is -2.07. The van der Waals surface area contributed by atoms with Crippen molar-refractivity contribution in [3.63, 3.8) is 0 Å². The van der Waals surface area contributed by atoms with Crippen LogP contribution < -0.4 is 0 Å². The summed E-state index contributed by atoms with van der Waals surface area (Å²) in [5.41, 5.74) is -2.58. The minimum atomic E-state index is -4.78. The molecule has 7 heteroatoms. The first-order valence-electron chi connectivity index (χ1n) is 3.57. The van der Waals surface area contributed by atoms with Crippen LogP contribution in [0.15, 0.2) is 16.6 Å². The average Bonchev–Trinajstić information content (AvgIpc) is 2.06. The minimum absolute atomic E-state index is 0.102. The Kier molecular flexibility index (Phi) is 3.32. The molecule has 0 amide bonds. The molecule has 0 fully saturated rings. The summed E-state index contributed by atoms with van der Waals surface area (Å²) in [6.45, 7) is 0. The zero-order chi connectivity index (χ0) is 11.8. The summed E-state index contributed by atoms with van der Waals surface area (Å²) in [4.78, 5) is 0. The molecule has 1 aromatic carbocycles. The Morgan fingerprint density at radius 2 is 1.67 bits per heavy atom. The van der Waals surface area contributed by atoms with Gasteiger partial charge in [-0.3, -0.25) is 0 Å². The van der Waals surface area contributed by atoms with Crippen LogP contribution in [0.4, 0.5) is 26.3 Å². The highest BCUT2D eigenvalue weighted by molar-refractivity contribution is 9.10. The third-order valence-corrected chi connectivity index (χ3v) is 2.20. The molecule has 0 saturated heterocycles. The fourth-order valence-corrected chi connectivity index (χ4v) is 1.41. The number of halogens is 7. The molecule has 15 heavy (non-hydrogen) atoms. The van der Waals surface area contributed by atoms with Gasteiger partial charge in [0.15, 0.2) is 0 Å². The lowest BCUT2D eigenvalue weighted by Gasteiger charge is -2.10. The van der Waals surface area contributed by atoms with E-state index in [0.717, 1.165) is 0 Å². The van der Waals surface area contributed by atoms with Gasteiger partial charge in [0.2, 0.25) is 0 Å². The molecule has 0 aliphatic heterocycles. The van der Waals surface area contributed by atoms with Crippen LogP contribution in [0, 0.1) is 5.82 Å². The van der Waals surface area contributed by atoms with E-state index in [1.165, 1.54) is 0 Å². The van der Waals surface area contributed by atoms with Gasteiger partial charge in [0.05, 0.1) is 15.6 Å². The van der Waals surface area contributed by atoms with Crippen LogP contribution in [0.1, 0.15) is 17.6 Å². The Morgan fingerprint density at radius 1 is 1.13 bits per heavy atom. The van der Waals surface area contributed by atoms with Gasteiger partial charge in [0.1, 0.15) is 5.82 Å². The van der Waals surface area contributed by atoms with E-state index >= 15 is 0 Å². The highest BCUT2D eigenvalue weighted by Crippen LogP contribution is 2.36. The van der Waals surface area contributed by atoms with Crippen molar-refractivity contribution in [1.29, 1.82) is 0 Å². The molecule has 0 atom stereocenters. The van der Waals surface area contributed by atoms with Crippen molar-refractivity contribution >= 4 is 15.9 Å². The van der Waals surface area contributed by atoms with Crippen LogP contribution in [-0.4, -0.2) is 0 Å². The quantitative estimate of drug-likeness (QED) is 0.667. The third-order valence-electron chi connectivity index (χ3n) is 1.62. The van der Waals surface area contributed by atoms with Crippen LogP contribution in [-0.2, 0) is 6.18 Å². The van der Waals surface area contributed by atoms with Crippen molar-refractivity contribution in [2.24, 2.45) is 0 Å². The molecule has 0 aliphatic rings. The number of alkyl halides is 5. The lowest BCUT2D eigenvalue weighted by molar-refractivity contribution is -0.137. The van der Waals surface area contributed by atoms with Crippen LogP contribution in [0.2, 0.25) is 0 Å². The van der Waals surface area contributed by atoms with Gasteiger partial charge in [-0.15, -0.1) is 0 Å². The van der Waals surface area contributed by atoms with E-state index in [4.69, 9.17) is 0 Å². The zero-order valence-electron chi connectivity index (χ0n) is 6.88. The van der Waals surface area contributed by atoms with Crippen molar-refractivity contribution in [3.05, 3.63) is 33.5 Å². The highest BCUT2D eigenvalue weighted by Gasteiger charge is 2.33. The molecule has 0 aliphatic carbocycles. The Hall–Kier alpha value is -0.720. The smallest absolute Gasteiger partial charge is 0.205 e. The van der Waals surface area contributed by atoms with Gasteiger partial charge in [-0.25, -0.2) is 13.2 Å². The fraction of sp³-hybridized carbons (Fsp3) is 0.250. The summed E-state index contributed by atoms with van der Waals surface area (Å²) in [7, 11) is 0. The van der Waals surface area contributed by atoms with Crippen LogP contribution in [0.25, 0.3) is 0 Å². The molecule has 0 radical (unpaired) electrons. The standard InChI is InChI=1S/C8H3BrF6/c9-5-2-3(8(13,14)15)1-4(6(5)10)7(11)12/h1-2,7H. The second kappa shape index (κ2) is 4.03. The van der Waals surface area contributed by atoms with Crippen molar-refractivity contribution in [1.82, 2.24) is 0 Å². The van der Waals surface area contributed by atoms with Crippen LogP contribution >= 0.6 is 15.9 Å². The monoisotopic (exact) mass is 292 g/mol. The van der Waals surface area contributed by atoms with Gasteiger partial charge in [0.25, 0.3) is 6.43 Å². The van der Waals surface area contributed by atoms with Crippen LogP contribution in [0.5, 0.6) is 0 Å². The van der Waals surface area contributed by atoms with Gasteiger partial charge >= 0.3 is 6.18 Å². The summed E-state index contributed by atoms with van der Waals surface area (Å²) in [6.07, 6.45) is -8.07. The second-order valence-corrected chi connectivity index (χ2v) is 3.51. The summed E-state index contributed by atoms with van der Waals surface area (Å²) in [5, 5.41) is 0. The molecule has 0 nitrogen and oxygen atoms in total. The lowest BCUT2D eigenvalue weighted by atomic mass is 10.1.